The van der Waals surface area contributed by atoms with E-state index in [2.05, 4.69) is 9.98 Å². The van der Waals surface area contributed by atoms with Crippen molar-refractivity contribution in [1.29, 1.82) is 0 Å². The van der Waals surface area contributed by atoms with Gasteiger partial charge in [-0.3, -0.25) is 0 Å². The summed E-state index contributed by atoms with van der Waals surface area (Å²) in [6, 6.07) is 7.46. The van der Waals surface area contributed by atoms with Crippen LogP contribution in [0.5, 0.6) is 0 Å². The lowest BCUT2D eigenvalue weighted by atomic mass is 10.1. The SMILES string of the molecule is NC(N)=NC(N)=Nc1ccc(C2CC2(Cl)Cl)cc1. The van der Waals surface area contributed by atoms with Crippen molar-refractivity contribution in [1.82, 2.24) is 0 Å². The Morgan fingerprint density at radius 1 is 1.17 bits per heavy atom. The lowest BCUT2D eigenvalue weighted by Gasteiger charge is -2.01. The molecule has 1 aromatic rings. The Morgan fingerprint density at radius 2 is 1.72 bits per heavy atom. The van der Waals surface area contributed by atoms with E-state index in [9.17, 15) is 0 Å². The number of guanidine groups is 2. The summed E-state index contributed by atoms with van der Waals surface area (Å²) >= 11 is 12.0. The number of alkyl halides is 2. The van der Waals surface area contributed by atoms with Crippen molar-refractivity contribution in [2.45, 2.75) is 16.7 Å². The maximum absolute atomic E-state index is 6.00. The van der Waals surface area contributed by atoms with E-state index in [1.807, 2.05) is 24.3 Å². The number of benzene rings is 1. The number of aliphatic imine (C=N–C) groups is 2. The third-order valence-corrected chi connectivity index (χ3v) is 3.44. The standard InChI is InChI=1S/C11H13Cl2N5/c12-11(13)5-8(11)6-1-3-7(4-2-6)17-10(16)18-9(14)15/h1-4,8H,5H2,(H6,14,15,16,17,18). The highest BCUT2D eigenvalue weighted by Gasteiger charge is 2.52. The third-order valence-electron chi connectivity index (χ3n) is 2.61. The highest BCUT2D eigenvalue weighted by Crippen LogP contribution is 2.59. The highest BCUT2D eigenvalue weighted by molar-refractivity contribution is 6.51. The number of halogens is 2. The summed E-state index contributed by atoms with van der Waals surface area (Å²) in [4.78, 5) is 7.66. The average Bonchev–Trinajstić information content (AvgIpc) is 2.87. The molecule has 5 nitrogen and oxygen atoms in total. The molecule has 1 saturated carbocycles. The maximum Gasteiger partial charge on any atom is 0.223 e. The fraction of sp³-hybridized carbons (Fsp3) is 0.273. The molecule has 0 amide bonds. The van der Waals surface area contributed by atoms with Crippen molar-refractivity contribution in [3.63, 3.8) is 0 Å². The van der Waals surface area contributed by atoms with Crippen LogP contribution in [0.3, 0.4) is 0 Å². The van der Waals surface area contributed by atoms with Crippen molar-refractivity contribution in [3.8, 4) is 0 Å². The van der Waals surface area contributed by atoms with Gasteiger partial charge < -0.3 is 17.2 Å². The first-order valence-electron chi connectivity index (χ1n) is 5.30. The molecule has 0 aromatic heterocycles. The summed E-state index contributed by atoms with van der Waals surface area (Å²) in [5.74, 6) is 0.0760. The van der Waals surface area contributed by atoms with Crippen LogP contribution in [0, 0.1) is 0 Å². The molecule has 1 aliphatic carbocycles. The van der Waals surface area contributed by atoms with Crippen LogP contribution < -0.4 is 17.2 Å². The molecule has 0 radical (unpaired) electrons. The van der Waals surface area contributed by atoms with Crippen LogP contribution in [0.25, 0.3) is 0 Å². The summed E-state index contributed by atoms with van der Waals surface area (Å²) in [5, 5.41) is 0. The number of rotatable bonds is 2. The predicted octanol–water partition coefficient (Wildman–Crippen LogP) is 1.57. The largest absolute Gasteiger partial charge is 0.370 e. The Bertz CT molecular complexity index is 503. The lowest BCUT2D eigenvalue weighted by Crippen LogP contribution is -2.26. The summed E-state index contributed by atoms with van der Waals surface area (Å²) in [6.45, 7) is 0. The molecule has 18 heavy (non-hydrogen) atoms. The molecule has 1 aliphatic rings. The van der Waals surface area contributed by atoms with E-state index in [0.29, 0.717) is 5.69 Å². The van der Waals surface area contributed by atoms with E-state index in [-0.39, 0.29) is 17.8 Å². The van der Waals surface area contributed by atoms with Crippen LogP contribution in [-0.2, 0) is 0 Å². The normalized spacial score (nSPS) is 21.4. The Hall–Kier alpha value is -1.46. The van der Waals surface area contributed by atoms with Crippen LogP contribution in [0.15, 0.2) is 34.3 Å². The van der Waals surface area contributed by atoms with E-state index in [1.165, 1.54) is 0 Å². The van der Waals surface area contributed by atoms with E-state index in [4.69, 9.17) is 40.4 Å². The summed E-state index contributed by atoms with van der Waals surface area (Å²) in [6.07, 6.45) is 0.773. The molecular weight excluding hydrogens is 273 g/mol. The molecule has 7 heteroatoms. The first-order valence-corrected chi connectivity index (χ1v) is 6.05. The zero-order chi connectivity index (χ0) is 13.3. The Kier molecular flexibility index (Phi) is 3.36. The van der Waals surface area contributed by atoms with Crippen molar-refractivity contribution >= 4 is 40.8 Å². The topological polar surface area (TPSA) is 103 Å². The second kappa shape index (κ2) is 4.66. The van der Waals surface area contributed by atoms with Crippen molar-refractivity contribution < 1.29 is 0 Å². The van der Waals surface area contributed by atoms with Gasteiger partial charge in [-0.1, -0.05) is 12.1 Å². The zero-order valence-corrected chi connectivity index (χ0v) is 11.0. The number of nitrogens with two attached hydrogens (primary N) is 3. The molecule has 6 N–H and O–H groups in total. The van der Waals surface area contributed by atoms with Gasteiger partial charge in [-0.2, -0.15) is 4.99 Å². The van der Waals surface area contributed by atoms with Crippen LogP contribution in [-0.4, -0.2) is 16.3 Å². The van der Waals surface area contributed by atoms with Crippen LogP contribution in [0.4, 0.5) is 5.69 Å². The van der Waals surface area contributed by atoms with Crippen LogP contribution in [0.1, 0.15) is 17.9 Å². The van der Waals surface area contributed by atoms with Gasteiger partial charge in [-0.05, 0) is 24.1 Å². The van der Waals surface area contributed by atoms with E-state index in [1.54, 1.807) is 0 Å². The predicted molar refractivity (Wildman–Crippen MR) is 75.3 cm³/mol. The minimum atomic E-state index is -0.623. The summed E-state index contributed by atoms with van der Waals surface area (Å²) < 4.78 is -0.623. The molecule has 1 unspecified atom stereocenters. The summed E-state index contributed by atoms with van der Waals surface area (Å²) in [5.41, 5.74) is 17.6. The van der Waals surface area contributed by atoms with Crippen molar-refractivity contribution in [3.05, 3.63) is 29.8 Å². The summed E-state index contributed by atoms with van der Waals surface area (Å²) in [7, 11) is 0. The van der Waals surface area contributed by atoms with Crippen molar-refractivity contribution in [2.24, 2.45) is 27.2 Å². The van der Waals surface area contributed by atoms with Gasteiger partial charge in [-0.25, -0.2) is 4.99 Å². The highest BCUT2D eigenvalue weighted by atomic mass is 35.5. The molecular formula is C11H13Cl2N5. The van der Waals surface area contributed by atoms with Gasteiger partial charge in [0.15, 0.2) is 5.96 Å². The molecule has 0 heterocycles. The smallest absolute Gasteiger partial charge is 0.223 e. The van der Waals surface area contributed by atoms with E-state index < -0.39 is 4.33 Å². The Morgan fingerprint density at radius 3 is 2.17 bits per heavy atom. The quantitative estimate of drug-likeness (QED) is 0.436. The Labute approximate surface area is 115 Å². The van der Waals surface area contributed by atoms with E-state index in [0.717, 1.165) is 12.0 Å². The third kappa shape index (κ3) is 3.05. The second-order valence-electron chi connectivity index (χ2n) is 4.12. The molecule has 2 rings (SSSR count). The molecule has 0 spiro atoms. The maximum atomic E-state index is 6.00. The van der Waals surface area contributed by atoms with Crippen LogP contribution >= 0.6 is 23.2 Å². The Balaban J connectivity index is 2.11. The van der Waals surface area contributed by atoms with Gasteiger partial charge in [0.1, 0.15) is 4.33 Å². The van der Waals surface area contributed by atoms with E-state index >= 15 is 0 Å². The van der Waals surface area contributed by atoms with Gasteiger partial charge in [0.05, 0.1) is 5.69 Å². The average molecular weight is 286 g/mol. The molecule has 0 bridgehead atoms. The van der Waals surface area contributed by atoms with Gasteiger partial charge in [0, 0.05) is 5.92 Å². The molecule has 96 valence electrons. The number of hydrogen-bond donors (Lipinski definition) is 3. The fourth-order valence-electron chi connectivity index (χ4n) is 1.65. The first-order chi connectivity index (χ1) is 8.38. The fourth-order valence-corrected chi connectivity index (χ4v) is 2.21. The lowest BCUT2D eigenvalue weighted by molar-refractivity contribution is 1.11. The molecule has 0 aliphatic heterocycles. The number of hydrogen-bond acceptors (Lipinski definition) is 1. The molecule has 0 saturated heterocycles. The molecule has 1 fully saturated rings. The van der Waals surface area contributed by atoms with Gasteiger partial charge >= 0.3 is 0 Å². The molecule has 1 aromatic carbocycles. The second-order valence-corrected chi connectivity index (χ2v) is 5.66. The number of nitrogens with zero attached hydrogens (tertiary/aromatic N) is 2. The minimum absolute atomic E-state index is 0.0122. The monoisotopic (exact) mass is 285 g/mol. The first kappa shape index (κ1) is 13.0. The van der Waals surface area contributed by atoms with Crippen molar-refractivity contribution in [2.75, 3.05) is 0 Å². The zero-order valence-electron chi connectivity index (χ0n) is 9.48. The van der Waals surface area contributed by atoms with Gasteiger partial charge in [-0.15, -0.1) is 23.2 Å². The van der Waals surface area contributed by atoms with Crippen LogP contribution in [0.2, 0.25) is 0 Å². The molecule has 1 atom stereocenters. The minimum Gasteiger partial charge on any atom is -0.370 e. The van der Waals surface area contributed by atoms with Gasteiger partial charge in [0.2, 0.25) is 5.96 Å². The van der Waals surface area contributed by atoms with Gasteiger partial charge in [0.25, 0.3) is 0 Å².